The predicted molar refractivity (Wildman–Crippen MR) is 54.3 cm³/mol. The lowest BCUT2D eigenvalue weighted by molar-refractivity contribution is 0.454. The molecule has 0 aromatic heterocycles. The van der Waals surface area contributed by atoms with Gasteiger partial charge in [-0.05, 0) is 25.8 Å². The zero-order chi connectivity index (χ0) is 8.65. The molecule has 0 aliphatic carbocycles. The van der Waals surface area contributed by atoms with Crippen molar-refractivity contribution in [1.82, 2.24) is 5.32 Å². The van der Waals surface area contributed by atoms with Crippen molar-refractivity contribution >= 4 is 0 Å². The molecule has 1 N–H and O–H groups in total. The maximum Gasteiger partial charge on any atom is 0.0250 e. The summed E-state index contributed by atoms with van der Waals surface area (Å²) in [6.07, 6.45) is 12.7. The summed E-state index contributed by atoms with van der Waals surface area (Å²) in [6.45, 7) is 3.45. The highest BCUT2D eigenvalue weighted by molar-refractivity contribution is 4.94. The Bertz CT molecular complexity index is 123. The van der Waals surface area contributed by atoms with Crippen LogP contribution < -0.4 is 5.32 Å². The molecule has 12 heavy (non-hydrogen) atoms. The van der Waals surface area contributed by atoms with Crippen molar-refractivity contribution in [1.29, 1.82) is 0 Å². The van der Waals surface area contributed by atoms with E-state index in [0.29, 0.717) is 6.04 Å². The van der Waals surface area contributed by atoms with Gasteiger partial charge < -0.3 is 5.32 Å². The van der Waals surface area contributed by atoms with Crippen LogP contribution >= 0.6 is 0 Å². The van der Waals surface area contributed by atoms with Crippen LogP contribution in [0.5, 0.6) is 0 Å². The third kappa shape index (κ3) is 3.91. The molecule has 1 atom stereocenters. The Morgan fingerprint density at radius 1 is 1.42 bits per heavy atom. The third-order valence-corrected chi connectivity index (χ3v) is 2.44. The Morgan fingerprint density at radius 3 is 3.00 bits per heavy atom. The Kier molecular flexibility index (Phi) is 5.09. The molecule has 0 spiro atoms. The molecule has 0 amide bonds. The molecule has 0 radical (unpaired) electrons. The summed E-state index contributed by atoms with van der Waals surface area (Å²) in [4.78, 5) is 0. The van der Waals surface area contributed by atoms with Crippen molar-refractivity contribution in [3.63, 3.8) is 0 Å². The van der Waals surface area contributed by atoms with Crippen LogP contribution in [0.4, 0.5) is 0 Å². The predicted octanol–water partition coefficient (Wildman–Crippen LogP) is 2.87. The molecule has 1 aliphatic rings. The Labute approximate surface area is 76.2 Å². The average molecular weight is 167 g/mol. The van der Waals surface area contributed by atoms with Gasteiger partial charge >= 0.3 is 0 Å². The minimum Gasteiger partial charge on any atom is -0.311 e. The van der Waals surface area contributed by atoms with E-state index in [1.807, 2.05) is 0 Å². The van der Waals surface area contributed by atoms with E-state index in [1.54, 1.807) is 0 Å². The topological polar surface area (TPSA) is 12.0 Å². The molecule has 1 saturated heterocycles. The second kappa shape index (κ2) is 6.24. The number of allylic oxidation sites excluding steroid dienone is 1. The van der Waals surface area contributed by atoms with Crippen molar-refractivity contribution in [3.05, 3.63) is 12.2 Å². The standard InChI is InChI=1S/C11H21N/c1-2-3-4-5-8-11-9-6-7-10-12-11/h5,8,11-12H,2-4,6-7,9-10H2,1H3/b8-5-/t11-/m0/s1. The van der Waals surface area contributed by atoms with Gasteiger partial charge in [0.05, 0.1) is 0 Å². The van der Waals surface area contributed by atoms with Crippen LogP contribution in [-0.2, 0) is 0 Å². The van der Waals surface area contributed by atoms with Crippen LogP contribution in [0.25, 0.3) is 0 Å². The number of rotatable bonds is 4. The van der Waals surface area contributed by atoms with Crippen LogP contribution in [0, 0.1) is 0 Å². The Hall–Kier alpha value is -0.300. The molecule has 70 valence electrons. The minimum absolute atomic E-state index is 0.676. The summed E-state index contributed by atoms with van der Waals surface area (Å²) in [5, 5.41) is 3.51. The van der Waals surface area contributed by atoms with Gasteiger partial charge in [0, 0.05) is 6.04 Å². The highest BCUT2D eigenvalue weighted by Crippen LogP contribution is 2.08. The molecule has 1 heterocycles. The molecule has 0 aromatic rings. The van der Waals surface area contributed by atoms with Gasteiger partial charge in [0.1, 0.15) is 0 Å². The summed E-state index contributed by atoms with van der Waals surface area (Å²) in [6, 6.07) is 0.676. The van der Waals surface area contributed by atoms with E-state index in [1.165, 1.54) is 45.1 Å². The second-order valence-electron chi connectivity index (χ2n) is 3.63. The summed E-state index contributed by atoms with van der Waals surface area (Å²) in [7, 11) is 0. The van der Waals surface area contributed by atoms with Crippen molar-refractivity contribution in [3.8, 4) is 0 Å². The van der Waals surface area contributed by atoms with E-state index in [-0.39, 0.29) is 0 Å². The van der Waals surface area contributed by atoms with Crippen LogP contribution in [0.1, 0.15) is 45.4 Å². The van der Waals surface area contributed by atoms with Gasteiger partial charge in [0.2, 0.25) is 0 Å². The van der Waals surface area contributed by atoms with Gasteiger partial charge in [-0.15, -0.1) is 0 Å². The van der Waals surface area contributed by atoms with Crippen molar-refractivity contribution in [2.75, 3.05) is 6.54 Å². The average Bonchev–Trinajstić information content (AvgIpc) is 2.14. The first-order chi connectivity index (χ1) is 5.93. The quantitative estimate of drug-likeness (QED) is 0.501. The highest BCUT2D eigenvalue weighted by atomic mass is 14.9. The van der Waals surface area contributed by atoms with Gasteiger partial charge in [-0.3, -0.25) is 0 Å². The van der Waals surface area contributed by atoms with E-state index in [0.717, 1.165) is 0 Å². The van der Waals surface area contributed by atoms with E-state index in [2.05, 4.69) is 24.4 Å². The molecular weight excluding hydrogens is 146 g/mol. The van der Waals surface area contributed by atoms with Crippen LogP contribution in [0.15, 0.2) is 12.2 Å². The maximum atomic E-state index is 3.51. The van der Waals surface area contributed by atoms with Crippen LogP contribution in [0.3, 0.4) is 0 Å². The van der Waals surface area contributed by atoms with Gasteiger partial charge in [0.15, 0.2) is 0 Å². The lowest BCUT2D eigenvalue weighted by atomic mass is 10.0. The molecule has 0 saturated carbocycles. The lowest BCUT2D eigenvalue weighted by Gasteiger charge is -2.19. The van der Waals surface area contributed by atoms with Crippen LogP contribution in [-0.4, -0.2) is 12.6 Å². The zero-order valence-electron chi connectivity index (χ0n) is 8.18. The molecule has 1 aliphatic heterocycles. The second-order valence-corrected chi connectivity index (χ2v) is 3.63. The first-order valence-corrected chi connectivity index (χ1v) is 5.33. The molecule has 0 bridgehead atoms. The van der Waals surface area contributed by atoms with E-state index >= 15 is 0 Å². The van der Waals surface area contributed by atoms with Crippen molar-refractivity contribution < 1.29 is 0 Å². The molecule has 0 unspecified atom stereocenters. The number of nitrogens with one attached hydrogen (secondary N) is 1. The summed E-state index contributed by atoms with van der Waals surface area (Å²) in [5.41, 5.74) is 0. The SMILES string of the molecule is CCCC/C=C\[C@H]1CCCCN1. The van der Waals surface area contributed by atoms with Gasteiger partial charge in [-0.25, -0.2) is 0 Å². The van der Waals surface area contributed by atoms with Gasteiger partial charge in [0.25, 0.3) is 0 Å². The highest BCUT2D eigenvalue weighted by Gasteiger charge is 2.07. The maximum absolute atomic E-state index is 3.51. The van der Waals surface area contributed by atoms with Gasteiger partial charge in [-0.2, -0.15) is 0 Å². The summed E-state index contributed by atoms with van der Waals surface area (Å²) < 4.78 is 0. The van der Waals surface area contributed by atoms with E-state index in [9.17, 15) is 0 Å². The van der Waals surface area contributed by atoms with Gasteiger partial charge in [-0.1, -0.05) is 38.3 Å². The first-order valence-electron chi connectivity index (χ1n) is 5.33. The molecule has 1 heteroatoms. The monoisotopic (exact) mass is 167 g/mol. The molecule has 1 rings (SSSR count). The number of hydrogen-bond donors (Lipinski definition) is 1. The smallest absolute Gasteiger partial charge is 0.0250 e. The van der Waals surface area contributed by atoms with Crippen LogP contribution in [0.2, 0.25) is 0 Å². The largest absolute Gasteiger partial charge is 0.311 e. The molecule has 1 fully saturated rings. The number of piperidine rings is 1. The third-order valence-electron chi connectivity index (χ3n) is 2.44. The van der Waals surface area contributed by atoms with E-state index < -0.39 is 0 Å². The lowest BCUT2D eigenvalue weighted by Crippen LogP contribution is -2.32. The van der Waals surface area contributed by atoms with E-state index in [4.69, 9.17) is 0 Å². The Morgan fingerprint density at radius 2 is 2.33 bits per heavy atom. The fourth-order valence-corrected chi connectivity index (χ4v) is 1.63. The molecule has 1 nitrogen and oxygen atoms in total. The Balaban J connectivity index is 2.07. The first kappa shape index (κ1) is 9.79. The normalized spacial score (nSPS) is 24.9. The molecule has 0 aromatic carbocycles. The summed E-state index contributed by atoms with van der Waals surface area (Å²) >= 11 is 0. The fraction of sp³-hybridized carbons (Fsp3) is 0.818. The number of unbranched alkanes of at least 4 members (excludes halogenated alkanes) is 2. The zero-order valence-corrected chi connectivity index (χ0v) is 8.18. The van der Waals surface area contributed by atoms with Crippen molar-refractivity contribution in [2.24, 2.45) is 0 Å². The van der Waals surface area contributed by atoms with Crippen molar-refractivity contribution in [2.45, 2.75) is 51.5 Å². The number of hydrogen-bond acceptors (Lipinski definition) is 1. The summed E-state index contributed by atoms with van der Waals surface area (Å²) in [5.74, 6) is 0. The minimum atomic E-state index is 0.676. The fourth-order valence-electron chi connectivity index (χ4n) is 1.63. The molecular formula is C11H21N.